The van der Waals surface area contributed by atoms with Crippen molar-refractivity contribution in [3.63, 3.8) is 0 Å². The molecule has 0 aliphatic heterocycles. The number of hydrogen-bond acceptors (Lipinski definition) is 5. The van der Waals surface area contributed by atoms with E-state index in [0.717, 1.165) is 16.0 Å². The van der Waals surface area contributed by atoms with Crippen molar-refractivity contribution in [2.75, 3.05) is 19.8 Å². The number of aryl methyl sites for hydroxylation is 1. The number of carbonyl (C=O) groups excluding carboxylic acids is 2. The van der Waals surface area contributed by atoms with E-state index in [1.54, 1.807) is 4.90 Å². The molecule has 2 heterocycles. The molecule has 0 bridgehead atoms. The molecule has 0 saturated carbocycles. The van der Waals surface area contributed by atoms with E-state index in [1.165, 1.54) is 29.7 Å². The first-order chi connectivity index (χ1) is 16.0. The van der Waals surface area contributed by atoms with Crippen molar-refractivity contribution in [1.82, 2.24) is 15.2 Å². The number of benzene rings is 1. The summed E-state index contributed by atoms with van der Waals surface area (Å²) < 4.78 is 5.35. The number of H-pyrrole nitrogens is 1. The van der Waals surface area contributed by atoms with Crippen LogP contribution in [0.5, 0.6) is 0 Å². The summed E-state index contributed by atoms with van der Waals surface area (Å²) in [7, 11) is 0. The van der Waals surface area contributed by atoms with E-state index in [2.05, 4.69) is 10.3 Å². The highest BCUT2D eigenvalue weighted by molar-refractivity contribution is 7.09. The minimum atomic E-state index is -0.834. The van der Waals surface area contributed by atoms with Gasteiger partial charge in [0.25, 0.3) is 5.91 Å². The fourth-order valence-corrected chi connectivity index (χ4v) is 4.11. The third-order valence-corrected chi connectivity index (χ3v) is 5.98. The Morgan fingerprint density at radius 2 is 1.94 bits per heavy atom. The summed E-state index contributed by atoms with van der Waals surface area (Å²) in [4.78, 5) is 43.6. The number of aromatic nitrogens is 1. The molecule has 0 fully saturated rings. The number of thiophene rings is 1. The highest BCUT2D eigenvalue weighted by Crippen LogP contribution is 2.27. The third-order valence-electron chi connectivity index (χ3n) is 5.12. The predicted octanol–water partition coefficient (Wildman–Crippen LogP) is 3.67. The molecule has 0 aliphatic carbocycles. The van der Waals surface area contributed by atoms with Gasteiger partial charge in [0.05, 0.1) is 12.1 Å². The molecule has 1 atom stereocenters. The van der Waals surface area contributed by atoms with Crippen LogP contribution in [0.15, 0.2) is 64.9 Å². The smallest absolute Gasteiger partial charge is 0.256 e. The molecule has 1 aromatic carbocycles. The fourth-order valence-electron chi connectivity index (χ4n) is 3.41. The van der Waals surface area contributed by atoms with Gasteiger partial charge >= 0.3 is 0 Å². The molecule has 3 rings (SSSR count). The lowest BCUT2D eigenvalue weighted by molar-refractivity contribution is -0.126. The van der Waals surface area contributed by atoms with Gasteiger partial charge in [-0.3, -0.25) is 14.4 Å². The summed E-state index contributed by atoms with van der Waals surface area (Å²) in [5, 5.41) is 4.90. The van der Waals surface area contributed by atoms with Crippen molar-refractivity contribution >= 4 is 23.2 Å². The molecule has 3 aromatic rings. The van der Waals surface area contributed by atoms with Crippen LogP contribution in [0.3, 0.4) is 0 Å². The maximum absolute atomic E-state index is 13.6. The lowest BCUT2D eigenvalue weighted by Crippen LogP contribution is -2.43. The first-order valence-corrected chi connectivity index (χ1v) is 11.8. The number of aromatic amines is 1. The minimum absolute atomic E-state index is 0.260. The zero-order chi connectivity index (χ0) is 23.6. The Labute approximate surface area is 197 Å². The van der Waals surface area contributed by atoms with Crippen LogP contribution in [0.4, 0.5) is 0 Å². The van der Waals surface area contributed by atoms with Gasteiger partial charge in [0.1, 0.15) is 6.04 Å². The number of ether oxygens (including phenoxy) is 1. The Kier molecular flexibility index (Phi) is 8.97. The van der Waals surface area contributed by atoms with Crippen molar-refractivity contribution < 1.29 is 14.3 Å². The molecule has 0 aliphatic rings. The van der Waals surface area contributed by atoms with Crippen molar-refractivity contribution in [2.45, 2.75) is 32.9 Å². The average molecular weight is 468 g/mol. The number of carbonyl (C=O) groups is 2. The molecule has 33 heavy (non-hydrogen) atoms. The van der Waals surface area contributed by atoms with Crippen LogP contribution in [-0.2, 0) is 16.1 Å². The first kappa shape index (κ1) is 24.4. The van der Waals surface area contributed by atoms with Gasteiger partial charge in [-0.05, 0) is 43.3 Å². The molecule has 0 unspecified atom stereocenters. The predicted molar refractivity (Wildman–Crippen MR) is 129 cm³/mol. The van der Waals surface area contributed by atoms with Gasteiger partial charge in [-0.25, -0.2) is 0 Å². The zero-order valence-corrected chi connectivity index (χ0v) is 19.7. The normalized spacial score (nSPS) is 11.7. The Bertz CT molecular complexity index is 1070. The van der Waals surface area contributed by atoms with Crippen LogP contribution >= 0.6 is 11.3 Å². The van der Waals surface area contributed by atoms with E-state index in [4.69, 9.17) is 4.74 Å². The summed E-state index contributed by atoms with van der Waals surface area (Å²) in [5.41, 5.74) is 1.80. The highest BCUT2D eigenvalue weighted by atomic mass is 32.1. The topological polar surface area (TPSA) is 91.5 Å². The summed E-state index contributed by atoms with van der Waals surface area (Å²) in [5.74, 6) is -0.598. The number of pyridine rings is 1. The molecule has 0 spiro atoms. The number of nitrogens with one attached hydrogen (secondary N) is 2. The molecule has 8 heteroatoms. The van der Waals surface area contributed by atoms with Gasteiger partial charge in [0, 0.05) is 36.9 Å². The SMILES string of the molecule is CCOCCCNC(=O)[C@H](c1ccc(C)cc1)N(Cc1cccs1)C(=O)c1ccc(=O)[nH]c1. The largest absolute Gasteiger partial charge is 0.382 e. The number of hydrogen-bond donors (Lipinski definition) is 2. The molecule has 2 amide bonds. The van der Waals surface area contributed by atoms with Crippen LogP contribution in [0.2, 0.25) is 0 Å². The van der Waals surface area contributed by atoms with Gasteiger partial charge in [-0.2, -0.15) is 0 Å². The van der Waals surface area contributed by atoms with Gasteiger partial charge in [0.15, 0.2) is 0 Å². The molecule has 0 radical (unpaired) electrons. The molecule has 7 nitrogen and oxygen atoms in total. The van der Waals surface area contributed by atoms with E-state index in [0.29, 0.717) is 31.7 Å². The highest BCUT2D eigenvalue weighted by Gasteiger charge is 2.32. The maximum Gasteiger partial charge on any atom is 0.256 e. The second-order valence-corrected chi connectivity index (χ2v) is 8.64. The van der Waals surface area contributed by atoms with Crippen molar-refractivity contribution in [1.29, 1.82) is 0 Å². The van der Waals surface area contributed by atoms with Gasteiger partial charge in [-0.1, -0.05) is 35.9 Å². The van der Waals surface area contributed by atoms with Crippen LogP contribution in [-0.4, -0.2) is 41.5 Å². The second kappa shape index (κ2) is 12.1. The standard InChI is InChI=1S/C25H29N3O4S/c1-3-32-14-5-13-26-24(30)23(19-9-7-18(2)8-10-19)28(17-21-6-4-15-33-21)25(31)20-11-12-22(29)27-16-20/h4,6-12,15-16,23H,3,5,13-14,17H2,1-2H3,(H,26,30)(H,27,29)/t23-/m0/s1. The molecule has 0 saturated heterocycles. The molecule has 2 aromatic heterocycles. The van der Waals surface area contributed by atoms with Crippen molar-refractivity contribution in [2.24, 2.45) is 0 Å². The summed E-state index contributed by atoms with van der Waals surface area (Å²) in [6.45, 7) is 5.79. The number of amides is 2. The fraction of sp³-hybridized carbons (Fsp3) is 0.320. The number of nitrogens with zero attached hydrogens (tertiary/aromatic N) is 1. The zero-order valence-electron chi connectivity index (χ0n) is 18.9. The molecule has 174 valence electrons. The summed E-state index contributed by atoms with van der Waals surface area (Å²) in [6, 6.07) is 13.4. The molecular weight excluding hydrogens is 438 g/mol. The average Bonchev–Trinajstić information content (AvgIpc) is 3.33. The minimum Gasteiger partial charge on any atom is -0.382 e. The Morgan fingerprint density at radius 3 is 2.58 bits per heavy atom. The molecule has 2 N–H and O–H groups in total. The first-order valence-electron chi connectivity index (χ1n) is 10.9. The maximum atomic E-state index is 13.6. The monoisotopic (exact) mass is 467 g/mol. The van der Waals surface area contributed by atoms with E-state index < -0.39 is 6.04 Å². The second-order valence-electron chi connectivity index (χ2n) is 7.61. The van der Waals surface area contributed by atoms with E-state index >= 15 is 0 Å². The summed E-state index contributed by atoms with van der Waals surface area (Å²) >= 11 is 1.52. The van der Waals surface area contributed by atoms with Crippen LogP contribution in [0.1, 0.15) is 45.7 Å². The van der Waals surface area contributed by atoms with Crippen LogP contribution < -0.4 is 10.9 Å². The van der Waals surface area contributed by atoms with Gasteiger partial charge in [0.2, 0.25) is 11.5 Å². The van der Waals surface area contributed by atoms with Crippen molar-refractivity contribution in [3.8, 4) is 0 Å². The van der Waals surface area contributed by atoms with E-state index in [1.807, 2.05) is 55.6 Å². The van der Waals surface area contributed by atoms with Crippen LogP contribution in [0, 0.1) is 6.92 Å². The van der Waals surface area contributed by atoms with E-state index in [-0.39, 0.29) is 23.9 Å². The third kappa shape index (κ3) is 6.87. The lowest BCUT2D eigenvalue weighted by Gasteiger charge is -2.31. The Balaban J connectivity index is 1.95. The Hall–Kier alpha value is -3.23. The van der Waals surface area contributed by atoms with Crippen LogP contribution in [0.25, 0.3) is 0 Å². The summed E-state index contributed by atoms with van der Waals surface area (Å²) in [6.07, 6.45) is 2.07. The van der Waals surface area contributed by atoms with E-state index in [9.17, 15) is 14.4 Å². The molecular formula is C25H29N3O4S. The lowest BCUT2D eigenvalue weighted by atomic mass is 10.0. The van der Waals surface area contributed by atoms with Crippen molar-refractivity contribution in [3.05, 3.63) is 92.0 Å². The van der Waals surface area contributed by atoms with Gasteiger partial charge < -0.3 is 19.9 Å². The number of rotatable bonds is 11. The quantitative estimate of drug-likeness (QED) is 0.421. The van der Waals surface area contributed by atoms with Gasteiger partial charge in [-0.15, -0.1) is 11.3 Å². The Morgan fingerprint density at radius 1 is 1.15 bits per heavy atom.